The molecule has 0 saturated heterocycles. The molecule has 96 valence electrons. The summed E-state index contributed by atoms with van der Waals surface area (Å²) in [7, 11) is 0. The first-order valence-corrected chi connectivity index (χ1v) is 8.73. The molecule has 2 rings (SSSR count). The van der Waals surface area contributed by atoms with Crippen molar-refractivity contribution < 1.29 is 0 Å². The van der Waals surface area contributed by atoms with Gasteiger partial charge in [0.25, 0.3) is 0 Å². The molecule has 0 aliphatic heterocycles. The predicted molar refractivity (Wildman–Crippen MR) is 80.2 cm³/mol. The van der Waals surface area contributed by atoms with Crippen LogP contribution in [0.4, 0.5) is 0 Å². The van der Waals surface area contributed by atoms with E-state index >= 15 is 0 Å². The number of thioether (sulfide) groups is 1. The minimum Gasteiger partial charge on any atom is -0.315 e. The molecule has 1 nitrogen and oxygen atoms in total. The number of nitrogens with one attached hydrogen (secondary N) is 1. The van der Waals surface area contributed by atoms with Gasteiger partial charge in [-0.25, -0.2) is 0 Å². The van der Waals surface area contributed by atoms with E-state index in [4.69, 9.17) is 0 Å². The van der Waals surface area contributed by atoms with Crippen LogP contribution in [0, 0.1) is 0 Å². The third-order valence-corrected chi connectivity index (χ3v) is 6.13. The first kappa shape index (κ1) is 13.4. The Morgan fingerprint density at radius 1 is 1.35 bits per heavy atom. The van der Waals surface area contributed by atoms with Crippen molar-refractivity contribution in [1.29, 1.82) is 0 Å². The fraction of sp³-hybridized carbons (Fsp3) is 0.714. The summed E-state index contributed by atoms with van der Waals surface area (Å²) < 4.78 is 0.535. The molecular formula is C14H23NS2. The fourth-order valence-corrected chi connectivity index (χ4v) is 4.28. The molecule has 0 amide bonds. The maximum Gasteiger partial charge on any atom is 0.0281 e. The maximum atomic E-state index is 3.67. The van der Waals surface area contributed by atoms with E-state index in [2.05, 4.69) is 40.8 Å². The van der Waals surface area contributed by atoms with Crippen molar-refractivity contribution in [3.8, 4) is 0 Å². The molecule has 1 aliphatic rings. The van der Waals surface area contributed by atoms with Crippen molar-refractivity contribution in [2.24, 2.45) is 0 Å². The van der Waals surface area contributed by atoms with Crippen LogP contribution in [-0.4, -0.2) is 24.1 Å². The highest BCUT2D eigenvalue weighted by Crippen LogP contribution is 2.37. The smallest absolute Gasteiger partial charge is 0.0281 e. The summed E-state index contributed by atoms with van der Waals surface area (Å²) in [5.41, 5.74) is 0. The molecule has 1 saturated carbocycles. The van der Waals surface area contributed by atoms with E-state index in [1.807, 2.05) is 11.3 Å². The second kappa shape index (κ2) is 6.81. The lowest BCUT2D eigenvalue weighted by atomic mass is 9.88. The average molecular weight is 269 g/mol. The van der Waals surface area contributed by atoms with Gasteiger partial charge in [0, 0.05) is 22.7 Å². The molecule has 1 aromatic rings. The SMILES string of the molecule is CSC1(CNCCc2cccs2)CCCCC1. The quantitative estimate of drug-likeness (QED) is 0.785. The van der Waals surface area contributed by atoms with Crippen LogP contribution in [0.15, 0.2) is 17.5 Å². The molecule has 0 unspecified atom stereocenters. The molecule has 1 heterocycles. The molecule has 0 bridgehead atoms. The summed E-state index contributed by atoms with van der Waals surface area (Å²) in [4.78, 5) is 1.50. The lowest BCUT2D eigenvalue weighted by Crippen LogP contribution is -2.39. The summed E-state index contributed by atoms with van der Waals surface area (Å²) in [6, 6.07) is 4.38. The van der Waals surface area contributed by atoms with E-state index in [9.17, 15) is 0 Å². The summed E-state index contributed by atoms with van der Waals surface area (Å²) in [6.07, 6.45) is 10.6. The number of hydrogen-bond donors (Lipinski definition) is 1. The molecule has 0 radical (unpaired) electrons. The molecule has 1 fully saturated rings. The third-order valence-electron chi connectivity index (χ3n) is 3.77. The Morgan fingerprint density at radius 3 is 2.82 bits per heavy atom. The highest BCUT2D eigenvalue weighted by atomic mass is 32.2. The molecule has 3 heteroatoms. The van der Waals surface area contributed by atoms with E-state index in [1.54, 1.807) is 0 Å². The summed E-state index contributed by atoms with van der Waals surface area (Å²) >= 11 is 3.95. The van der Waals surface area contributed by atoms with Crippen LogP contribution in [-0.2, 0) is 6.42 Å². The fourth-order valence-electron chi connectivity index (χ4n) is 2.63. The van der Waals surface area contributed by atoms with Crippen molar-refractivity contribution in [1.82, 2.24) is 5.32 Å². The molecule has 1 N–H and O–H groups in total. The zero-order valence-corrected chi connectivity index (χ0v) is 12.3. The zero-order chi connectivity index (χ0) is 12.0. The van der Waals surface area contributed by atoms with Crippen molar-refractivity contribution in [2.45, 2.75) is 43.3 Å². The first-order valence-electron chi connectivity index (χ1n) is 6.63. The largest absolute Gasteiger partial charge is 0.315 e. The van der Waals surface area contributed by atoms with Gasteiger partial charge in [-0.1, -0.05) is 25.3 Å². The van der Waals surface area contributed by atoms with Crippen LogP contribution in [0.1, 0.15) is 37.0 Å². The van der Waals surface area contributed by atoms with Gasteiger partial charge in [0.05, 0.1) is 0 Å². The molecule has 1 aromatic heterocycles. The molecule has 1 aliphatic carbocycles. The van der Waals surface area contributed by atoms with Crippen molar-refractivity contribution in [3.05, 3.63) is 22.4 Å². The van der Waals surface area contributed by atoms with E-state index in [0.29, 0.717) is 4.75 Å². The van der Waals surface area contributed by atoms with Crippen molar-refractivity contribution >= 4 is 23.1 Å². The normalized spacial score (nSPS) is 19.4. The number of thiophene rings is 1. The lowest BCUT2D eigenvalue weighted by molar-refractivity contribution is 0.381. The van der Waals surface area contributed by atoms with Gasteiger partial charge in [0.1, 0.15) is 0 Å². The Bertz CT molecular complexity index is 302. The predicted octanol–water partition coefficient (Wildman–Crippen LogP) is 3.95. The van der Waals surface area contributed by atoms with Gasteiger partial charge in [0.15, 0.2) is 0 Å². The molecule has 0 spiro atoms. The van der Waals surface area contributed by atoms with Gasteiger partial charge >= 0.3 is 0 Å². The third kappa shape index (κ3) is 4.01. The van der Waals surface area contributed by atoms with Gasteiger partial charge in [-0.15, -0.1) is 11.3 Å². The Balaban J connectivity index is 1.69. The Morgan fingerprint density at radius 2 is 2.18 bits per heavy atom. The van der Waals surface area contributed by atoms with Gasteiger partial charge in [-0.05, 0) is 37.0 Å². The van der Waals surface area contributed by atoms with Gasteiger partial charge in [-0.3, -0.25) is 0 Å². The minimum atomic E-state index is 0.535. The summed E-state index contributed by atoms with van der Waals surface area (Å²) in [5.74, 6) is 0. The number of hydrogen-bond acceptors (Lipinski definition) is 3. The summed E-state index contributed by atoms with van der Waals surface area (Å²) in [5, 5.41) is 5.84. The highest BCUT2D eigenvalue weighted by Gasteiger charge is 2.30. The van der Waals surface area contributed by atoms with Crippen LogP contribution in [0.5, 0.6) is 0 Å². The minimum absolute atomic E-state index is 0.535. The Kier molecular flexibility index (Phi) is 5.39. The number of rotatable bonds is 6. The maximum absolute atomic E-state index is 3.67. The average Bonchev–Trinajstić information content (AvgIpc) is 2.89. The van der Waals surface area contributed by atoms with Crippen LogP contribution in [0.25, 0.3) is 0 Å². The van der Waals surface area contributed by atoms with E-state index < -0.39 is 0 Å². The van der Waals surface area contributed by atoms with Crippen LogP contribution in [0.3, 0.4) is 0 Å². The first-order chi connectivity index (χ1) is 8.35. The monoisotopic (exact) mass is 269 g/mol. The van der Waals surface area contributed by atoms with Crippen LogP contribution >= 0.6 is 23.1 Å². The van der Waals surface area contributed by atoms with Gasteiger partial charge in [0.2, 0.25) is 0 Å². The molecular weight excluding hydrogens is 246 g/mol. The zero-order valence-electron chi connectivity index (χ0n) is 10.7. The topological polar surface area (TPSA) is 12.0 Å². The summed E-state index contributed by atoms with van der Waals surface area (Å²) in [6.45, 7) is 2.32. The highest BCUT2D eigenvalue weighted by molar-refractivity contribution is 8.00. The standard InChI is InChI=1S/C14H23NS2/c1-16-14(8-3-2-4-9-14)12-15-10-7-13-6-5-11-17-13/h5-6,11,15H,2-4,7-10,12H2,1H3. The Hall–Kier alpha value is 0.01000. The molecule has 0 aromatic carbocycles. The Labute approximate surface area is 113 Å². The lowest BCUT2D eigenvalue weighted by Gasteiger charge is -2.36. The van der Waals surface area contributed by atoms with Crippen LogP contribution < -0.4 is 5.32 Å². The van der Waals surface area contributed by atoms with E-state index in [-0.39, 0.29) is 0 Å². The second-order valence-electron chi connectivity index (χ2n) is 4.95. The van der Waals surface area contributed by atoms with Crippen LogP contribution in [0.2, 0.25) is 0 Å². The van der Waals surface area contributed by atoms with E-state index in [1.165, 1.54) is 49.9 Å². The van der Waals surface area contributed by atoms with Gasteiger partial charge < -0.3 is 5.32 Å². The van der Waals surface area contributed by atoms with Crippen molar-refractivity contribution in [2.75, 3.05) is 19.3 Å². The van der Waals surface area contributed by atoms with E-state index in [0.717, 1.165) is 6.54 Å². The second-order valence-corrected chi connectivity index (χ2v) is 7.26. The molecule has 17 heavy (non-hydrogen) atoms. The van der Waals surface area contributed by atoms with Crippen molar-refractivity contribution in [3.63, 3.8) is 0 Å². The molecule has 0 atom stereocenters. The van der Waals surface area contributed by atoms with Gasteiger partial charge in [-0.2, -0.15) is 11.8 Å².